The second-order valence-electron chi connectivity index (χ2n) is 4.06. The summed E-state index contributed by atoms with van der Waals surface area (Å²) in [6.45, 7) is 6.03. The lowest BCUT2D eigenvalue weighted by Gasteiger charge is -2.13. The summed E-state index contributed by atoms with van der Waals surface area (Å²) in [5.41, 5.74) is 6.53. The number of aliphatic imine (C=N–C) groups is 1. The predicted molar refractivity (Wildman–Crippen MR) is 53.7 cm³/mol. The lowest BCUT2D eigenvalue weighted by molar-refractivity contribution is 0.582. The molecular weight excluding hydrogens is 164 g/mol. The molecule has 0 radical (unpaired) electrons. The summed E-state index contributed by atoms with van der Waals surface area (Å²) in [7, 11) is 1.90. The van der Waals surface area contributed by atoms with Crippen LogP contribution in [0.1, 0.15) is 26.5 Å². The minimum absolute atomic E-state index is 0.144. The molecule has 0 amide bonds. The van der Waals surface area contributed by atoms with E-state index in [2.05, 4.69) is 9.98 Å². The van der Waals surface area contributed by atoms with Crippen LogP contribution < -0.4 is 5.73 Å². The number of rotatable bonds is 1. The van der Waals surface area contributed by atoms with Crippen molar-refractivity contribution in [3.8, 4) is 0 Å². The average molecular weight is 180 g/mol. The summed E-state index contributed by atoms with van der Waals surface area (Å²) < 4.78 is 1.85. The first-order valence-electron chi connectivity index (χ1n) is 4.22. The van der Waals surface area contributed by atoms with Crippen molar-refractivity contribution in [1.29, 1.82) is 0 Å². The molecule has 4 heteroatoms. The average Bonchev–Trinajstić information content (AvgIpc) is 2.30. The smallest absolute Gasteiger partial charge is 0.144 e. The number of nitrogens with zero attached hydrogens (tertiary/aromatic N) is 3. The van der Waals surface area contributed by atoms with Crippen molar-refractivity contribution in [3.05, 3.63) is 18.2 Å². The van der Waals surface area contributed by atoms with Gasteiger partial charge in [-0.1, -0.05) is 0 Å². The summed E-state index contributed by atoms with van der Waals surface area (Å²) >= 11 is 0. The van der Waals surface area contributed by atoms with Gasteiger partial charge in [0.15, 0.2) is 0 Å². The van der Waals surface area contributed by atoms with Crippen LogP contribution in [0.2, 0.25) is 0 Å². The fourth-order valence-corrected chi connectivity index (χ4v) is 1.02. The van der Waals surface area contributed by atoms with Gasteiger partial charge >= 0.3 is 0 Å². The Balaban J connectivity index is 2.98. The molecule has 72 valence electrons. The first kappa shape index (κ1) is 9.77. The summed E-state index contributed by atoms with van der Waals surface area (Å²) in [6.07, 6.45) is 3.42. The highest BCUT2D eigenvalue weighted by atomic mass is 15.1. The van der Waals surface area contributed by atoms with E-state index in [-0.39, 0.29) is 5.54 Å². The fourth-order valence-electron chi connectivity index (χ4n) is 1.02. The van der Waals surface area contributed by atoms with Crippen LogP contribution in [-0.2, 0) is 7.05 Å². The Bertz CT molecular complexity index is 317. The van der Waals surface area contributed by atoms with E-state index in [0.29, 0.717) is 5.84 Å². The van der Waals surface area contributed by atoms with E-state index in [9.17, 15) is 0 Å². The number of hydrogen-bond donors (Lipinski definition) is 1. The van der Waals surface area contributed by atoms with Crippen LogP contribution in [0.5, 0.6) is 0 Å². The molecule has 0 spiro atoms. The number of nitrogens with two attached hydrogens (primary N) is 1. The molecular formula is C9H16N4. The molecule has 2 N–H and O–H groups in total. The molecule has 0 aliphatic heterocycles. The van der Waals surface area contributed by atoms with Crippen LogP contribution >= 0.6 is 0 Å². The molecule has 1 rings (SSSR count). The number of aromatic nitrogens is 2. The Morgan fingerprint density at radius 2 is 2.15 bits per heavy atom. The zero-order valence-corrected chi connectivity index (χ0v) is 8.57. The van der Waals surface area contributed by atoms with Gasteiger partial charge in [0.1, 0.15) is 11.5 Å². The highest BCUT2D eigenvalue weighted by Crippen LogP contribution is 2.08. The highest BCUT2D eigenvalue weighted by molar-refractivity contribution is 5.95. The lowest BCUT2D eigenvalue weighted by Crippen LogP contribution is -2.23. The molecule has 0 saturated carbocycles. The Labute approximate surface area is 78.5 Å². The van der Waals surface area contributed by atoms with Crippen LogP contribution in [0.3, 0.4) is 0 Å². The van der Waals surface area contributed by atoms with E-state index in [4.69, 9.17) is 5.73 Å². The van der Waals surface area contributed by atoms with E-state index in [1.807, 2.05) is 32.4 Å². The molecule has 0 atom stereocenters. The second-order valence-corrected chi connectivity index (χ2v) is 4.06. The van der Waals surface area contributed by atoms with Gasteiger partial charge in [-0.05, 0) is 20.8 Å². The van der Waals surface area contributed by atoms with Gasteiger partial charge in [0.05, 0.1) is 18.1 Å². The van der Waals surface area contributed by atoms with E-state index in [1.165, 1.54) is 0 Å². The van der Waals surface area contributed by atoms with Crippen LogP contribution in [0, 0.1) is 0 Å². The van der Waals surface area contributed by atoms with E-state index < -0.39 is 0 Å². The molecule has 13 heavy (non-hydrogen) atoms. The molecule has 0 saturated heterocycles. The summed E-state index contributed by atoms with van der Waals surface area (Å²) in [5, 5.41) is 0. The molecule has 0 aliphatic carbocycles. The van der Waals surface area contributed by atoms with Gasteiger partial charge in [-0.2, -0.15) is 0 Å². The maximum Gasteiger partial charge on any atom is 0.144 e. The summed E-state index contributed by atoms with van der Waals surface area (Å²) in [4.78, 5) is 8.32. The number of amidine groups is 1. The third-order valence-electron chi connectivity index (χ3n) is 1.53. The number of hydrogen-bond acceptors (Lipinski definition) is 2. The topological polar surface area (TPSA) is 56.2 Å². The molecule has 1 aromatic rings. The zero-order chi connectivity index (χ0) is 10.1. The molecule has 0 fully saturated rings. The van der Waals surface area contributed by atoms with Crippen LogP contribution in [0.25, 0.3) is 0 Å². The van der Waals surface area contributed by atoms with Gasteiger partial charge in [-0.25, -0.2) is 4.98 Å². The lowest BCUT2D eigenvalue weighted by atomic mass is 10.1. The molecule has 0 aliphatic rings. The Hall–Kier alpha value is -1.32. The summed E-state index contributed by atoms with van der Waals surface area (Å²) in [5.74, 6) is 0.535. The molecule has 4 nitrogen and oxygen atoms in total. The molecule has 1 aromatic heterocycles. The van der Waals surface area contributed by atoms with Crippen molar-refractivity contribution in [1.82, 2.24) is 9.55 Å². The second kappa shape index (κ2) is 3.20. The molecule has 1 heterocycles. The zero-order valence-electron chi connectivity index (χ0n) is 8.57. The van der Waals surface area contributed by atoms with Crippen molar-refractivity contribution < 1.29 is 0 Å². The van der Waals surface area contributed by atoms with Crippen LogP contribution in [0.4, 0.5) is 0 Å². The van der Waals surface area contributed by atoms with E-state index >= 15 is 0 Å². The Morgan fingerprint density at radius 3 is 2.54 bits per heavy atom. The first-order chi connectivity index (χ1) is 5.90. The van der Waals surface area contributed by atoms with Crippen LogP contribution in [-0.4, -0.2) is 20.9 Å². The quantitative estimate of drug-likeness (QED) is 0.516. The van der Waals surface area contributed by atoms with E-state index in [1.54, 1.807) is 12.5 Å². The largest absolute Gasteiger partial charge is 0.382 e. The van der Waals surface area contributed by atoms with Gasteiger partial charge in [-0.15, -0.1) is 0 Å². The SMILES string of the molecule is Cn1cncc1C(N)=NC(C)(C)C. The van der Waals surface area contributed by atoms with Gasteiger partial charge in [0, 0.05) is 7.05 Å². The monoisotopic (exact) mass is 180 g/mol. The first-order valence-corrected chi connectivity index (χ1v) is 4.22. The standard InChI is InChI=1S/C9H16N4/c1-9(2,3)12-8(10)7-5-11-6-13(7)4/h5-6H,1-4H3,(H2,10,12). The van der Waals surface area contributed by atoms with Gasteiger partial charge < -0.3 is 10.3 Å². The fraction of sp³-hybridized carbons (Fsp3) is 0.556. The number of aryl methyl sites for hydroxylation is 1. The van der Waals surface area contributed by atoms with Crippen LogP contribution in [0.15, 0.2) is 17.5 Å². The van der Waals surface area contributed by atoms with Gasteiger partial charge in [-0.3, -0.25) is 4.99 Å². The van der Waals surface area contributed by atoms with Crippen molar-refractivity contribution in [3.63, 3.8) is 0 Å². The minimum Gasteiger partial charge on any atom is -0.382 e. The molecule has 0 unspecified atom stereocenters. The Morgan fingerprint density at radius 1 is 1.54 bits per heavy atom. The number of imidazole rings is 1. The maximum absolute atomic E-state index is 5.82. The van der Waals surface area contributed by atoms with Gasteiger partial charge in [0.2, 0.25) is 0 Å². The molecule has 0 bridgehead atoms. The maximum atomic E-state index is 5.82. The van der Waals surface area contributed by atoms with Gasteiger partial charge in [0.25, 0.3) is 0 Å². The highest BCUT2D eigenvalue weighted by Gasteiger charge is 2.10. The van der Waals surface area contributed by atoms with Crippen molar-refractivity contribution >= 4 is 5.84 Å². The predicted octanol–water partition coefficient (Wildman–Crippen LogP) is 0.924. The molecule has 0 aromatic carbocycles. The van der Waals surface area contributed by atoms with E-state index in [0.717, 1.165) is 5.69 Å². The summed E-state index contributed by atoms with van der Waals surface area (Å²) in [6, 6.07) is 0. The van der Waals surface area contributed by atoms with Crippen molar-refractivity contribution in [2.45, 2.75) is 26.3 Å². The third kappa shape index (κ3) is 2.57. The van der Waals surface area contributed by atoms with Crippen molar-refractivity contribution in [2.75, 3.05) is 0 Å². The normalized spacial score (nSPS) is 13.4. The van der Waals surface area contributed by atoms with Crippen molar-refractivity contribution in [2.24, 2.45) is 17.8 Å². The minimum atomic E-state index is -0.144. The Kier molecular flexibility index (Phi) is 2.40. The third-order valence-corrected chi connectivity index (χ3v) is 1.53.